The van der Waals surface area contributed by atoms with E-state index in [2.05, 4.69) is 24.3 Å². The number of hydrogen-bond donors (Lipinski definition) is 1. The van der Waals surface area contributed by atoms with Crippen LogP contribution in [0, 0.1) is 5.92 Å². The van der Waals surface area contributed by atoms with Crippen LogP contribution >= 0.6 is 0 Å². The molecule has 2 aromatic rings. The fourth-order valence-corrected chi connectivity index (χ4v) is 2.13. The molecular weight excluding hydrogens is 266 g/mol. The molecule has 0 saturated heterocycles. The highest BCUT2D eigenvalue weighted by Crippen LogP contribution is 2.23. The summed E-state index contributed by atoms with van der Waals surface area (Å²) in [5, 5.41) is 7.19. The van der Waals surface area contributed by atoms with E-state index in [-0.39, 0.29) is 5.91 Å². The van der Waals surface area contributed by atoms with Gasteiger partial charge in [0.25, 0.3) is 0 Å². The quantitative estimate of drug-likeness (QED) is 0.859. The Morgan fingerprint density at radius 1 is 1.33 bits per heavy atom. The number of anilines is 1. The summed E-state index contributed by atoms with van der Waals surface area (Å²) in [5.74, 6) is 0.344. The van der Waals surface area contributed by atoms with Crippen molar-refractivity contribution in [3.63, 3.8) is 0 Å². The normalized spacial score (nSPS) is 10.7. The molecule has 1 heterocycles. The van der Waals surface area contributed by atoms with E-state index in [9.17, 15) is 9.59 Å². The van der Waals surface area contributed by atoms with Crippen LogP contribution in [0.5, 0.6) is 0 Å². The lowest BCUT2D eigenvalue weighted by Crippen LogP contribution is -2.05. The van der Waals surface area contributed by atoms with Crippen molar-refractivity contribution in [2.24, 2.45) is 5.92 Å². The molecule has 0 saturated carbocycles. The van der Waals surface area contributed by atoms with E-state index in [1.165, 1.54) is 6.92 Å². The lowest BCUT2D eigenvalue weighted by Gasteiger charge is -2.05. The smallest absolute Gasteiger partial charge is 0.221 e. The van der Waals surface area contributed by atoms with Crippen LogP contribution in [0.3, 0.4) is 0 Å². The number of amides is 1. The van der Waals surface area contributed by atoms with Gasteiger partial charge in [-0.3, -0.25) is 14.3 Å². The molecule has 0 aliphatic heterocycles. The standard InChI is InChI=1S/C16H19N3O2/c1-11(2)8-19-9-14(10-20)16(18-19)13-4-6-15(7-5-13)17-12(3)21/h4-7,9-11H,8H2,1-3H3,(H,17,21). The van der Waals surface area contributed by atoms with Gasteiger partial charge < -0.3 is 5.32 Å². The first-order valence-corrected chi connectivity index (χ1v) is 6.90. The van der Waals surface area contributed by atoms with E-state index in [0.29, 0.717) is 17.2 Å². The highest BCUT2D eigenvalue weighted by molar-refractivity contribution is 5.89. The average molecular weight is 285 g/mol. The monoisotopic (exact) mass is 285 g/mol. The number of benzene rings is 1. The molecular formula is C16H19N3O2. The maximum atomic E-state index is 11.2. The van der Waals surface area contributed by atoms with E-state index in [4.69, 9.17) is 0 Å². The number of nitrogens with zero attached hydrogens (tertiary/aromatic N) is 2. The predicted octanol–water partition coefficient (Wildman–Crippen LogP) is 2.98. The minimum atomic E-state index is -0.113. The number of aldehydes is 1. The topological polar surface area (TPSA) is 64.0 Å². The van der Waals surface area contributed by atoms with E-state index < -0.39 is 0 Å². The molecule has 2 rings (SSSR count). The predicted molar refractivity (Wildman–Crippen MR) is 82.2 cm³/mol. The van der Waals surface area contributed by atoms with Gasteiger partial charge in [0, 0.05) is 30.9 Å². The summed E-state index contributed by atoms with van der Waals surface area (Å²) in [4.78, 5) is 22.2. The largest absolute Gasteiger partial charge is 0.326 e. The molecule has 1 aromatic heterocycles. The number of nitrogens with one attached hydrogen (secondary N) is 1. The summed E-state index contributed by atoms with van der Waals surface area (Å²) in [5.41, 5.74) is 2.82. The summed E-state index contributed by atoms with van der Waals surface area (Å²) in [6, 6.07) is 7.29. The van der Waals surface area contributed by atoms with Crippen molar-refractivity contribution in [1.29, 1.82) is 0 Å². The third kappa shape index (κ3) is 3.78. The Labute approximate surface area is 124 Å². The van der Waals surface area contributed by atoms with Gasteiger partial charge in [-0.2, -0.15) is 5.10 Å². The second-order valence-corrected chi connectivity index (χ2v) is 5.43. The van der Waals surface area contributed by atoms with Gasteiger partial charge in [0.15, 0.2) is 6.29 Å². The summed E-state index contributed by atoms with van der Waals surface area (Å²) >= 11 is 0. The van der Waals surface area contributed by atoms with E-state index in [1.54, 1.807) is 23.0 Å². The lowest BCUT2D eigenvalue weighted by molar-refractivity contribution is -0.114. The summed E-state index contributed by atoms with van der Waals surface area (Å²) in [6.45, 7) is 6.44. The zero-order valence-corrected chi connectivity index (χ0v) is 12.5. The van der Waals surface area contributed by atoms with Crippen molar-refractivity contribution in [2.75, 3.05) is 5.32 Å². The van der Waals surface area contributed by atoms with Crippen LogP contribution in [0.2, 0.25) is 0 Å². The van der Waals surface area contributed by atoms with E-state index in [0.717, 1.165) is 24.1 Å². The van der Waals surface area contributed by atoms with Crippen molar-refractivity contribution < 1.29 is 9.59 Å². The molecule has 110 valence electrons. The Morgan fingerprint density at radius 3 is 2.52 bits per heavy atom. The minimum absolute atomic E-state index is 0.113. The molecule has 1 aromatic carbocycles. The molecule has 0 atom stereocenters. The van der Waals surface area contributed by atoms with Gasteiger partial charge >= 0.3 is 0 Å². The van der Waals surface area contributed by atoms with Gasteiger partial charge in [-0.15, -0.1) is 0 Å². The van der Waals surface area contributed by atoms with Gasteiger partial charge in [0.05, 0.1) is 5.56 Å². The Hall–Kier alpha value is -2.43. The van der Waals surface area contributed by atoms with Crippen LogP contribution in [0.1, 0.15) is 31.1 Å². The SMILES string of the molecule is CC(=O)Nc1ccc(-c2nn(CC(C)C)cc2C=O)cc1. The van der Waals surface area contributed by atoms with Gasteiger partial charge in [0.1, 0.15) is 5.69 Å². The summed E-state index contributed by atoms with van der Waals surface area (Å²) < 4.78 is 1.80. The van der Waals surface area contributed by atoms with Gasteiger partial charge in [0.2, 0.25) is 5.91 Å². The fourth-order valence-electron chi connectivity index (χ4n) is 2.13. The number of hydrogen-bond acceptors (Lipinski definition) is 3. The zero-order chi connectivity index (χ0) is 15.4. The minimum Gasteiger partial charge on any atom is -0.326 e. The Bertz CT molecular complexity index is 642. The van der Waals surface area contributed by atoms with Crippen LogP contribution in [0.25, 0.3) is 11.3 Å². The van der Waals surface area contributed by atoms with E-state index in [1.807, 2.05) is 12.1 Å². The molecule has 0 fully saturated rings. The molecule has 0 radical (unpaired) electrons. The molecule has 5 nitrogen and oxygen atoms in total. The maximum absolute atomic E-state index is 11.2. The Morgan fingerprint density at radius 2 is 2.00 bits per heavy atom. The molecule has 21 heavy (non-hydrogen) atoms. The highest BCUT2D eigenvalue weighted by atomic mass is 16.1. The first-order chi connectivity index (χ1) is 9.99. The second-order valence-electron chi connectivity index (χ2n) is 5.43. The third-order valence-corrected chi connectivity index (χ3v) is 2.95. The molecule has 1 amide bonds. The molecule has 5 heteroatoms. The molecule has 0 unspecified atom stereocenters. The van der Waals surface area contributed by atoms with Gasteiger partial charge in [-0.1, -0.05) is 26.0 Å². The Kier molecular flexibility index (Phi) is 4.52. The zero-order valence-electron chi connectivity index (χ0n) is 12.5. The molecule has 1 N–H and O–H groups in total. The van der Waals surface area contributed by atoms with Gasteiger partial charge in [-0.25, -0.2) is 0 Å². The van der Waals surface area contributed by atoms with Crippen molar-refractivity contribution in [3.05, 3.63) is 36.0 Å². The van der Waals surface area contributed by atoms with Crippen molar-refractivity contribution >= 4 is 17.9 Å². The van der Waals surface area contributed by atoms with Crippen LogP contribution in [0.15, 0.2) is 30.5 Å². The highest BCUT2D eigenvalue weighted by Gasteiger charge is 2.11. The van der Waals surface area contributed by atoms with Crippen molar-refractivity contribution in [2.45, 2.75) is 27.3 Å². The second kappa shape index (κ2) is 6.35. The average Bonchev–Trinajstić information content (AvgIpc) is 2.81. The fraction of sp³-hybridized carbons (Fsp3) is 0.312. The van der Waals surface area contributed by atoms with Crippen molar-refractivity contribution in [3.8, 4) is 11.3 Å². The first-order valence-electron chi connectivity index (χ1n) is 6.90. The number of rotatable bonds is 5. The molecule has 0 bridgehead atoms. The number of carbonyl (C=O) groups excluding carboxylic acids is 2. The Balaban J connectivity index is 2.30. The van der Waals surface area contributed by atoms with Crippen LogP contribution in [-0.2, 0) is 11.3 Å². The number of carbonyl (C=O) groups is 2. The summed E-state index contributed by atoms with van der Waals surface area (Å²) in [6.07, 6.45) is 2.59. The lowest BCUT2D eigenvalue weighted by atomic mass is 10.1. The van der Waals surface area contributed by atoms with Crippen LogP contribution in [-0.4, -0.2) is 22.0 Å². The van der Waals surface area contributed by atoms with Crippen molar-refractivity contribution in [1.82, 2.24) is 9.78 Å². The van der Waals surface area contributed by atoms with E-state index >= 15 is 0 Å². The summed E-state index contributed by atoms with van der Waals surface area (Å²) in [7, 11) is 0. The molecule has 0 aliphatic rings. The molecule has 0 spiro atoms. The first kappa shape index (κ1) is 15.0. The number of aromatic nitrogens is 2. The third-order valence-electron chi connectivity index (χ3n) is 2.95. The van der Waals surface area contributed by atoms with Crippen LogP contribution in [0.4, 0.5) is 5.69 Å². The maximum Gasteiger partial charge on any atom is 0.221 e. The van der Waals surface area contributed by atoms with Gasteiger partial charge in [-0.05, 0) is 18.1 Å². The molecule has 0 aliphatic carbocycles. The van der Waals surface area contributed by atoms with Crippen LogP contribution < -0.4 is 5.32 Å².